The number of hydrogen-bond donors (Lipinski definition) is 1. The van der Waals surface area contributed by atoms with Crippen LogP contribution in [0.4, 0.5) is 0 Å². The van der Waals surface area contributed by atoms with Gasteiger partial charge in [0.2, 0.25) is 0 Å². The molecule has 0 radical (unpaired) electrons. The Morgan fingerprint density at radius 3 is 3.00 bits per heavy atom. The highest BCUT2D eigenvalue weighted by atomic mass is 79.9. The lowest BCUT2D eigenvalue weighted by molar-refractivity contribution is -0.141. The summed E-state index contributed by atoms with van der Waals surface area (Å²) < 4.78 is 6.10. The molecule has 1 N–H and O–H groups in total. The number of halogens is 1. The van der Waals surface area contributed by atoms with Gasteiger partial charge in [-0.1, -0.05) is 28.9 Å². The first-order valence-corrected chi connectivity index (χ1v) is 6.27. The molecule has 17 heavy (non-hydrogen) atoms. The Hall–Kier alpha value is -1.29. The van der Waals surface area contributed by atoms with Gasteiger partial charge in [0.15, 0.2) is 0 Å². The summed E-state index contributed by atoms with van der Waals surface area (Å²) in [7, 11) is 0. The lowest BCUT2D eigenvalue weighted by Crippen LogP contribution is -2.07. The van der Waals surface area contributed by atoms with Crippen molar-refractivity contribution in [2.24, 2.45) is 0 Å². The quantitative estimate of drug-likeness (QED) is 0.879. The van der Waals surface area contributed by atoms with E-state index in [0.29, 0.717) is 6.61 Å². The van der Waals surface area contributed by atoms with Crippen LogP contribution in [-0.4, -0.2) is 17.6 Å². The smallest absolute Gasteiger partial charge is 0.302 e. The van der Waals surface area contributed by atoms with Crippen LogP contribution in [0.3, 0.4) is 0 Å². The Bertz CT molecular complexity index is 547. The van der Waals surface area contributed by atoms with Gasteiger partial charge in [-0.05, 0) is 17.7 Å². The molecule has 0 bridgehead atoms. The van der Waals surface area contributed by atoms with E-state index >= 15 is 0 Å². The molecule has 1 atom stereocenters. The van der Waals surface area contributed by atoms with Crippen molar-refractivity contribution in [2.45, 2.75) is 19.8 Å². The highest BCUT2D eigenvalue weighted by Crippen LogP contribution is 2.31. The minimum Gasteiger partial charge on any atom is -0.465 e. The molecule has 90 valence electrons. The maximum absolute atomic E-state index is 10.8. The number of aromatic nitrogens is 1. The van der Waals surface area contributed by atoms with E-state index in [0.717, 1.165) is 20.9 Å². The first kappa shape index (κ1) is 12.2. The summed E-state index contributed by atoms with van der Waals surface area (Å²) in [5.41, 5.74) is 2.25. The number of carbonyl (C=O) groups is 1. The Morgan fingerprint density at radius 1 is 1.53 bits per heavy atom. The van der Waals surface area contributed by atoms with Gasteiger partial charge in [-0.3, -0.25) is 4.79 Å². The summed E-state index contributed by atoms with van der Waals surface area (Å²) in [5.74, 6) is -0.0675. The third kappa shape index (κ3) is 2.52. The number of nitrogens with one attached hydrogen (secondary N) is 1. The van der Waals surface area contributed by atoms with Crippen molar-refractivity contribution in [1.82, 2.24) is 4.98 Å². The van der Waals surface area contributed by atoms with E-state index in [-0.39, 0.29) is 11.9 Å². The lowest BCUT2D eigenvalue weighted by atomic mass is 10.0. The van der Waals surface area contributed by atoms with Gasteiger partial charge < -0.3 is 9.72 Å². The van der Waals surface area contributed by atoms with Crippen LogP contribution in [0, 0.1) is 0 Å². The van der Waals surface area contributed by atoms with E-state index in [2.05, 4.69) is 20.9 Å². The van der Waals surface area contributed by atoms with E-state index in [4.69, 9.17) is 4.74 Å². The second-order valence-electron chi connectivity index (χ2n) is 4.11. The van der Waals surface area contributed by atoms with Gasteiger partial charge in [-0.2, -0.15) is 0 Å². The summed E-state index contributed by atoms with van der Waals surface area (Å²) >= 11 is 3.55. The summed E-state index contributed by atoms with van der Waals surface area (Å²) in [6.45, 7) is 3.88. The lowest BCUT2D eigenvalue weighted by Gasteiger charge is -2.11. The van der Waals surface area contributed by atoms with Gasteiger partial charge in [-0.15, -0.1) is 0 Å². The van der Waals surface area contributed by atoms with Crippen molar-refractivity contribution in [2.75, 3.05) is 6.61 Å². The second-order valence-corrected chi connectivity index (χ2v) is 4.96. The fourth-order valence-corrected chi connectivity index (χ4v) is 2.48. The van der Waals surface area contributed by atoms with Gasteiger partial charge in [0.1, 0.15) is 0 Å². The Morgan fingerprint density at radius 2 is 2.29 bits per heavy atom. The summed E-state index contributed by atoms with van der Waals surface area (Å²) in [6.07, 6.45) is 1.98. The fraction of sp³-hybridized carbons (Fsp3) is 0.308. The molecular formula is C13H14BrNO2. The predicted molar refractivity (Wildman–Crippen MR) is 71.0 cm³/mol. The molecule has 2 rings (SSSR count). The molecule has 0 spiro atoms. The normalized spacial score (nSPS) is 12.6. The van der Waals surface area contributed by atoms with Gasteiger partial charge in [0, 0.05) is 34.4 Å². The van der Waals surface area contributed by atoms with Gasteiger partial charge >= 0.3 is 5.97 Å². The molecule has 1 heterocycles. The van der Waals surface area contributed by atoms with E-state index in [1.165, 1.54) is 6.92 Å². The van der Waals surface area contributed by atoms with E-state index in [1.807, 2.05) is 31.3 Å². The first-order chi connectivity index (χ1) is 8.09. The number of ether oxygens (including phenoxy) is 1. The molecule has 0 fully saturated rings. The molecule has 3 nitrogen and oxygen atoms in total. The molecule has 0 amide bonds. The maximum atomic E-state index is 10.8. The van der Waals surface area contributed by atoms with Crippen molar-refractivity contribution in [3.05, 3.63) is 34.4 Å². The number of benzene rings is 1. The van der Waals surface area contributed by atoms with Crippen LogP contribution < -0.4 is 0 Å². The fourth-order valence-electron chi connectivity index (χ4n) is 1.89. The van der Waals surface area contributed by atoms with Crippen LogP contribution in [-0.2, 0) is 9.53 Å². The SMILES string of the molecule is CC(=O)OCC(C)c1c[nH]c2cccc(Br)c12. The van der Waals surface area contributed by atoms with Crippen LogP contribution in [0.15, 0.2) is 28.9 Å². The summed E-state index contributed by atoms with van der Waals surface area (Å²) in [5, 5.41) is 1.16. The molecule has 1 unspecified atom stereocenters. The number of rotatable bonds is 3. The average Bonchev–Trinajstić information content (AvgIpc) is 2.71. The zero-order chi connectivity index (χ0) is 12.4. The number of hydrogen-bond acceptors (Lipinski definition) is 2. The molecule has 2 aromatic rings. The van der Waals surface area contributed by atoms with Crippen LogP contribution in [0.25, 0.3) is 10.9 Å². The predicted octanol–water partition coefficient (Wildman–Crippen LogP) is 3.60. The zero-order valence-corrected chi connectivity index (χ0v) is 11.4. The second kappa shape index (κ2) is 4.92. The molecule has 0 saturated carbocycles. The van der Waals surface area contributed by atoms with E-state index in [9.17, 15) is 4.79 Å². The summed E-state index contributed by atoms with van der Waals surface area (Å²) in [4.78, 5) is 14.0. The number of H-pyrrole nitrogens is 1. The molecule has 0 aliphatic heterocycles. The highest BCUT2D eigenvalue weighted by molar-refractivity contribution is 9.10. The van der Waals surface area contributed by atoms with Gasteiger partial charge in [-0.25, -0.2) is 0 Å². The van der Waals surface area contributed by atoms with Gasteiger partial charge in [0.05, 0.1) is 6.61 Å². The molecule has 4 heteroatoms. The molecule has 1 aromatic heterocycles. The molecule has 0 aliphatic carbocycles. The molecule has 0 aliphatic rings. The van der Waals surface area contributed by atoms with Crippen LogP contribution in [0.1, 0.15) is 25.3 Å². The van der Waals surface area contributed by atoms with Crippen molar-refractivity contribution in [1.29, 1.82) is 0 Å². The minimum absolute atomic E-state index is 0.173. The Balaban J connectivity index is 2.32. The molecular weight excluding hydrogens is 282 g/mol. The number of fused-ring (bicyclic) bond motifs is 1. The number of carbonyl (C=O) groups excluding carboxylic acids is 1. The average molecular weight is 296 g/mol. The first-order valence-electron chi connectivity index (χ1n) is 5.48. The van der Waals surface area contributed by atoms with Crippen LogP contribution in [0.5, 0.6) is 0 Å². The monoisotopic (exact) mass is 295 g/mol. The topological polar surface area (TPSA) is 42.1 Å². The Labute approximate surface area is 108 Å². The Kier molecular flexibility index (Phi) is 3.52. The zero-order valence-electron chi connectivity index (χ0n) is 9.79. The largest absolute Gasteiger partial charge is 0.465 e. The van der Waals surface area contributed by atoms with Crippen LogP contribution in [0.2, 0.25) is 0 Å². The van der Waals surface area contributed by atoms with Crippen molar-refractivity contribution < 1.29 is 9.53 Å². The highest BCUT2D eigenvalue weighted by Gasteiger charge is 2.14. The van der Waals surface area contributed by atoms with Crippen molar-refractivity contribution in [3.8, 4) is 0 Å². The van der Waals surface area contributed by atoms with Gasteiger partial charge in [0.25, 0.3) is 0 Å². The minimum atomic E-state index is -0.240. The third-order valence-corrected chi connectivity index (χ3v) is 3.41. The number of esters is 1. The van der Waals surface area contributed by atoms with Crippen molar-refractivity contribution >= 4 is 32.8 Å². The summed E-state index contributed by atoms with van der Waals surface area (Å²) in [6, 6.07) is 6.03. The standard InChI is InChI=1S/C13H14BrNO2/c1-8(7-17-9(2)16)10-6-15-12-5-3-4-11(14)13(10)12/h3-6,8,15H,7H2,1-2H3. The number of aromatic amines is 1. The molecule has 0 saturated heterocycles. The van der Waals surface area contributed by atoms with Crippen LogP contribution >= 0.6 is 15.9 Å². The van der Waals surface area contributed by atoms with E-state index in [1.54, 1.807) is 0 Å². The van der Waals surface area contributed by atoms with Crippen molar-refractivity contribution in [3.63, 3.8) is 0 Å². The third-order valence-electron chi connectivity index (χ3n) is 2.75. The maximum Gasteiger partial charge on any atom is 0.302 e. The van der Waals surface area contributed by atoms with E-state index < -0.39 is 0 Å². The molecule has 1 aromatic carbocycles.